The van der Waals surface area contributed by atoms with Crippen LogP contribution in [0, 0.1) is 0 Å². The van der Waals surface area contributed by atoms with E-state index >= 15 is 0 Å². The summed E-state index contributed by atoms with van der Waals surface area (Å²) in [6.07, 6.45) is 0. The van der Waals surface area contributed by atoms with Crippen LogP contribution in [0.1, 0.15) is 40.2 Å². The second kappa shape index (κ2) is 6.60. The van der Waals surface area contributed by atoms with E-state index in [-0.39, 0.29) is 17.5 Å². The molecule has 1 unspecified atom stereocenters. The molecule has 1 aromatic carbocycles. The largest absolute Gasteiger partial charge is 0.335 e. The Kier molecular flexibility index (Phi) is 5.40. The van der Waals surface area contributed by atoms with Crippen molar-refractivity contribution in [1.82, 2.24) is 10.2 Å². The molecule has 0 fully saturated rings. The third-order valence-electron chi connectivity index (χ3n) is 3.99. The fourth-order valence-electron chi connectivity index (χ4n) is 2.09. The van der Waals surface area contributed by atoms with Gasteiger partial charge in [-0.2, -0.15) is 0 Å². The number of carbonyl (C=O) groups is 1. The van der Waals surface area contributed by atoms with Gasteiger partial charge in [0.1, 0.15) is 0 Å². The first-order valence-electron chi connectivity index (χ1n) is 7.04. The maximum absolute atomic E-state index is 12.1. The lowest BCUT2D eigenvalue weighted by molar-refractivity contribution is 0.194. The van der Waals surface area contributed by atoms with Gasteiger partial charge < -0.3 is 10.2 Å². The number of rotatable bonds is 5. The van der Waals surface area contributed by atoms with E-state index in [1.165, 1.54) is 5.56 Å². The van der Waals surface area contributed by atoms with Gasteiger partial charge in [-0.3, -0.25) is 0 Å². The first kappa shape index (κ1) is 15.5. The van der Waals surface area contributed by atoms with E-state index in [0.29, 0.717) is 0 Å². The molecule has 1 aromatic rings. The molecule has 1 N–H and O–H groups in total. The minimum Gasteiger partial charge on any atom is -0.335 e. The molecule has 1 rings (SSSR count). The Morgan fingerprint density at radius 2 is 1.74 bits per heavy atom. The predicted octanol–water partition coefficient (Wildman–Crippen LogP) is 3.40. The van der Waals surface area contributed by atoms with Crippen LogP contribution in [0.3, 0.4) is 0 Å². The Bertz CT molecular complexity index is 396. The van der Waals surface area contributed by atoms with Gasteiger partial charge in [-0.05, 0) is 26.3 Å². The van der Waals surface area contributed by atoms with Gasteiger partial charge in [0.25, 0.3) is 0 Å². The standard InChI is InChI=1S/C16H26N2O/c1-6-18(7-2)15(19)17-13(3)16(4,5)14-11-9-8-10-12-14/h8-13H,6-7H2,1-5H3,(H,17,19). The molecule has 0 spiro atoms. The third kappa shape index (κ3) is 3.72. The van der Waals surface area contributed by atoms with Gasteiger partial charge in [0.2, 0.25) is 0 Å². The van der Waals surface area contributed by atoms with Crippen LogP contribution < -0.4 is 5.32 Å². The van der Waals surface area contributed by atoms with Gasteiger partial charge in [0.05, 0.1) is 0 Å². The summed E-state index contributed by atoms with van der Waals surface area (Å²) in [5.41, 5.74) is 1.15. The summed E-state index contributed by atoms with van der Waals surface area (Å²) in [5.74, 6) is 0. The molecule has 106 valence electrons. The molecule has 3 nitrogen and oxygen atoms in total. The number of nitrogens with one attached hydrogen (secondary N) is 1. The first-order valence-corrected chi connectivity index (χ1v) is 7.04. The molecule has 1 atom stereocenters. The molecule has 19 heavy (non-hydrogen) atoms. The number of nitrogens with zero attached hydrogens (tertiary/aromatic N) is 1. The van der Waals surface area contributed by atoms with Crippen molar-refractivity contribution in [2.75, 3.05) is 13.1 Å². The minimum absolute atomic E-state index is 0.0153. The summed E-state index contributed by atoms with van der Waals surface area (Å²) in [5, 5.41) is 3.11. The van der Waals surface area contributed by atoms with Crippen LogP contribution in [0.4, 0.5) is 4.79 Å². The molecule has 0 aliphatic carbocycles. The fraction of sp³-hybridized carbons (Fsp3) is 0.562. The number of carbonyl (C=O) groups excluding carboxylic acids is 1. The number of amides is 2. The summed E-state index contributed by atoms with van der Waals surface area (Å²) in [7, 11) is 0. The normalized spacial score (nSPS) is 12.9. The number of benzene rings is 1. The lowest BCUT2D eigenvalue weighted by atomic mass is 9.78. The number of urea groups is 1. The molecule has 0 saturated carbocycles. The zero-order valence-electron chi connectivity index (χ0n) is 12.7. The zero-order valence-corrected chi connectivity index (χ0v) is 12.7. The molecule has 3 heteroatoms. The SMILES string of the molecule is CCN(CC)C(=O)NC(C)C(C)(C)c1ccccc1. The summed E-state index contributed by atoms with van der Waals surface area (Å²) in [6, 6.07) is 10.4. The van der Waals surface area contributed by atoms with Crippen LogP contribution in [-0.2, 0) is 5.41 Å². The topological polar surface area (TPSA) is 32.3 Å². The Hall–Kier alpha value is -1.51. The Morgan fingerprint density at radius 3 is 2.21 bits per heavy atom. The molecule has 0 bridgehead atoms. The fourth-order valence-corrected chi connectivity index (χ4v) is 2.09. The van der Waals surface area contributed by atoms with Crippen LogP contribution in [0.5, 0.6) is 0 Å². The van der Waals surface area contributed by atoms with Crippen molar-refractivity contribution in [3.8, 4) is 0 Å². The van der Waals surface area contributed by atoms with Crippen molar-refractivity contribution in [3.63, 3.8) is 0 Å². The Morgan fingerprint density at radius 1 is 1.21 bits per heavy atom. The summed E-state index contributed by atoms with van der Waals surface area (Å²) >= 11 is 0. The highest BCUT2D eigenvalue weighted by atomic mass is 16.2. The van der Waals surface area contributed by atoms with E-state index in [1.807, 2.05) is 32.0 Å². The van der Waals surface area contributed by atoms with E-state index in [1.54, 1.807) is 4.90 Å². The first-order chi connectivity index (χ1) is 8.93. The van der Waals surface area contributed by atoms with Gasteiger partial charge in [-0.25, -0.2) is 4.79 Å². The van der Waals surface area contributed by atoms with E-state index in [2.05, 4.69) is 38.2 Å². The average molecular weight is 262 g/mol. The van der Waals surface area contributed by atoms with Gasteiger partial charge in [-0.15, -0.1) is 0 Å². The minimum atomic E-state index is -0.0932. The molecule has 2 amide bonds. The Labute approximate surface area is 117 Å². The van der Waals surface area contributed by atoms with Crippen LogP contribution in [-0.4, -0.2) is 30.1 Å². The molecule has 0 radical (unpaired) electrons. The number of hydrogen-bond donors (Lipinski definition) is 1. The lowest BCUT2D eigenvalue weighted by Gasteiger charge is -2.34. The van der Waals surface area contributed by atoms with E-state index in [9.17, 15) is 4.79 Å². The third-order valence-corrected chi connectivity index (χ3v) is 3.99. The monoisotopic (exact) mass is 262 g/mol. The van der Waals surface area contributed by atoms with Crippen LogP contribution in [0.2, 0.25) is 0 Å². The predicted molar refractivity (Wildman–Crippen MR) is 80.4 cm³/mol. The highest BCUT2D eigenvalue weighted by molar-refractivity contribution is 5.74. The highest BCUT2D eigenvalue weighted by Crippen LogP contribution is 2.26. The van der Waals surface area contributed by atoms with Crippen LogP contribution in [0.25, 0.3) is 0 Å². The molecular formula is C16H26N2O. The van der Waals surface area contributed by atoms with Gasteiger partial charge in [0, 0.05) is 24.5 Å². The molecular weight excluding hydrogens is 236 g/mol. The van der Waals surface area contributed by atoms with Crippen molar-refractivity contribution in [1.29, 1.82) is 0 Å². The maximum Gasteiger partial charge on any atom is 0.317 e. The molecule has 0 aliphatic heterocycles. The second-order valence-corrected chi connectivity index (χ2v) is 5.43. The summed E-state index contributed by atoms with van der Waals surface area (Å²) in [6.45, 7) is 11.9. The average Bonchev–Trinajstić information content (AvgIpc) is 2.41. The zero-order chi connectivity index (χ0) is 14.5. The van der Waals surface area contributed by atoms with Crippen molar-refractivity contribution < 1.29 is 4.79 Å². The molecule has 0 aliphatic rings. The summed E-state index contributed by atoms with van der Waals surface area (Å²) < 4.78 is 0. The lowest BCUT2D eigenvalue weighted by Crippen LogP contribution is -2.50. The van der Waals surface area contributed by atoms with Gasteiger partial charge in [-0.1, -0.05) is 44.2 Å². The second-order valence-electron chi connectivity index (χ2n) is 5.43. The van der Waals surface area contributed by atoms with E-state index in [4.69, 9.17) is 0 Å². The van der Waals surface area contributed by atoms with Crippen LogP contribution >= 0.6 is 0 Å². The van der Waals surface area contributed by atoms with Crippen molar-refractivity contribution in [3.05, 3.63) is 35.9 Å². The van der Waals surface area contributed by atoms with E-state index in [0.717, 1.165) is 13.1 Å². The quantitative estimate of drug-likeness (QED) is 0.866. The Balaban J connectivity index is 2.77. The van der Waals surface area contributed by atoms with Gasteiger partial charge >= 0.3 is 6.03 Å². The maximum atomic E-state index is 12.1. The highest BCUT2D eigenvalue weighted by Gasteiger charge is 2.29. The molecule has 0 heterocycles. The smallest absolute Gasteiger partial charge is 0.317 e. The molecule has 0 aromatic heterocycles. The van der Waals surface area contributed by atoms with Crippen LogP contribution in [0.15, 0.2) is 30.3 Å². The molecule has 0 saturated heterocycles. The van der Waals surface area contributed by atoms with Crippen molar-refractivity contribution >= 4 is 6.03 Å². The number of hydrogen-bond acceptors (Lipinski definition) is 1. The van der Waals surface area contributed by atoms with E-state index < -0.39 is 0 Å². The van der Waals surface area contributed by atoms with Gasteiger partial charge in [0.15, 0.2) is 0 Å². The summed E-state index contributed by atoms with van der Waals surface area (Å²) in [4.78, 5) is 13.9. The van der Waals surface area contributed by atoms with Crippen molar-refractivity contribution in [2.24, 2.45) is 0 Å². The van der Waals surface area contributed by atoms with Crippen molar-refractivity contribution in [2.45, 2.75) is 46.1 Å².